The van der Waals surface area contributed by atoms with Crippen molar-refractivity contribution in [2.24, 2.45) is 5.73 Å². The Kier molecular flexibility index (Phi) is 4.13. The predicted octanol–water partition coefficient (Wildman–Crippen LogP) is 3.02. The summed E-state index contributed by atoms with van der Waals surface area (Å²) in [5.74, 6) is 0. The van der Waals surface area contributed by atoms with Gasteiger partial charge in [-0.3, -0.25) is 4.68 Å². The van der Waals surface area contributed by atoms with E-state index < -0.39 is 5.54 Å². The normalized spacial score (nSPS) is 11.8. The number of nitrogens with two attached hydrogens (primary N) is 1. The molecule has 0 unspecified atom stereocenters. The van der Waals surface area contributed by atoms with E-state index in [9.17, 15) is 0 Å². The van der Waals surface area contributed by atoms with E-state index in [1.54, 1.807) is 10.7 Å². The SMILES string of the molecule is CC(C)(N)c1cn(CCc2ccc(Cl)c(Cl)c2)nn1. The van der Waals surface area contributed by atoms with Gasteiger partial charge in [-0.25, -0.2) is 0 Å². The van der Waals surface area contributed by atoms with Crippen LogP contribution in [0.25, 0.3) is 0 Å². The Labute approximate surface area is 122 Å². The van der Waals surface area contributed by atoms with Crippen molar-refractivity contribution >= 4 is 23.2 Å². The first-order chi connectivity index (χ1) is 8.86. The molecule has 0 aliphatic heterocycles. The lowest BCUT2D eigenvalue weighted by atomic mass is 10.0. The molecular weight excluding hydrogens is 283 g/mol. The van der Waals surface area contributed by atoms with Crippen molar-refractivity contribution in [3.05, 3.63) is 45.7 Å². The molecule has 1 aromatic heterocycles. The Morgan fingerprint density at radius 1 is 1.26 bits per heavy atom. The van der Waals surface area contributed by atoms with Crippen LogP contribution < -0.4 is 5.73 Å². The molecule has 2 aromatic rings. The predicted molar refractivity (Wildman–Crippen MR) is 77.4 cm³/mol. The molecule has 0 atom stereocenters. The molecule has 1 aromatic carbocycles. The van der Waals surface area contributed by atoms with Gasteiger partial charge in [-0.15, -0.1) is 5.10 Å². The van der Waals surface area contributed by atoms with Crippen LogP contribution in [0.2, 0.25) is 10.0 Å². The molecule has 4 nitrogen and oxygen atoms in total. The van der Waals surface area contributed by atoms with Gasteiger partial charge in [-0.1, -0.05) is 34.5 Å². The molecule has 0 amide bonds. The molecular formula is C13H16Cl2N4. The number of aryl methyl sites for hydroxylation is 2. The molecule has 2 rings (SSSR count). The maximum absolute atomic E-state index is 5.98. The highest BCUT2D eigenvalue weighted by Crippen LogP contribution is 2.23. The van der Waals surface area contributed by atoms with Crippen LogP contribution in [0.15, 0.2) is 24.4 Å². The summed E-state index contributed by atoms with van der Waals surface area (Å²) in [5.41, 5.74) is 7.38. The Hall–Kier alpha value is -1.10. The van der Waals surface area contributed by atoms with Gasteiger partial charge >= 0.3 is 0 Å². The summed E-state index contributed by atoms with van der Waals surface area (Å²) in [6.07, 6.45) is 2.68. The second kappa shape index (κ2) is 5.49. The van der Waals surface area contributed by atoms with Gasteiger partial charge in [0.05, 0.1) is 21.8 Å². The van der Waals surface area contributed by atoms with Gasteiger partial charge in [-0.2, -0.15) is 0 Å². The minimum atomic E-state index is -0.470. The zero-order valence-electron chi connectivity index (χ0n) is 10.9. The maximum atomic E-state index is 5.98. The summed E-state index contributed by atoms with van der Waals surface area (Å²) in [6, 6.07) is 5.63. The lowest BCUT2D eigenvalue weighted by Gasteiger charge is -2.13. The van der Waals surface area contributed by atoms with Crippen molar-refractivity contribution in [2.45, 2.75) is 32.4 Å². The topological polar surface area (TPSA) is 56.7 Å². The van der Waals surface area contributed by atoms with Crippen LogP contribution in [0.4, 0.5) is 0 Å². The lowest BCUT2D eigenvalue weighted by Crippen LogP contribution is -2.29. The van der Waals surface area contributed by atoms with Crippen molar-refractivity contribution in [1.82, 2.24) is 15.0 Å². The first-order valence-electron chi connectivity index (χ1n) is 5.99. The molecule has 0 radical (unpaired) electrons. The highest BCUT2D eigenvalue weighted by molar-refractivity contribution is 6.42. The molecule has 0 fully saturated rings. The van der Waals surface area contributed by atoms with E-state index in [4.69, 9.17) is 28.9 Å². The van der Waals surface area contributed by atoms with Crippen LogP contribution in [0.1, 0.15) is 25.1 Å². The van der Waals surface area contributed by atoms with Crippen molar-refractivity contribution in [2.75, 3.05) is 0 Å². The minimum absolute atomic E-state index is 0.470. The van der Waals surface area contributed by atoms with Gasteiger partial charge in [0.25, 0.3) is 0 Å². The lowest BCUT2D eigenvalue weighted by molar-refractivity contribution is 0.533. The van der Waals surface area contributed by atoms with Gasteiger partial charge in [0.1, 0.15) is 5.69 Å². The smallest absolute Gasteiger partial charge is 0.102 e. The third-order valence-electron chi connectivity index (χ3n) is 2.81. The number of hydrogen-bond donors (Lipinski definition) is 1. The van der Waals surface area contributed by atoms with Crippen molar-refractivity contribution in [3.63, 3.8) is 0 Å². The number of nitrogens with zero attached hydrogens (tertiary/aromatic N) is 3. The highest BCUT2D eigenvalue weighted by atomic mass is 35.5. The van der Waals surface area contributed by atoms with Crippen LogP contribution in [-0.2, 0) is 18.5 Å². The minimum Gasteiger partial charge on any atom is -0.320 e. The third-order valence-corrected chi connectivity index (χ3v) is 3.55. The summed E-state index contributed by atoms with van der Waals surface area (Å²) >= 11 is 11.9. The van der Waals surface area contributed by atoms with E-state index in [0.29, 0.717) is 10.0 Å². The zero-order valence-corrected chi connectivity index (χ0v) is 12.4. The summed E-state index contributed by atoms with van der Waals surface area (Å²) in [5, 5.41) is 9.28. The van der Waals surface area contributed by atoms with Gasteiger partial charge < -0.3 is 5.73 Å². The molecule has 0 saturated carbocycles. The molecule has 0 bridgehead atoms. The molecule has 0 aliphatic rings. The van der Waals surface area contributed by atoms with Crippen LogP contribution in [0, 0.1) is 0 Å². The second-order valence-electron chi connectivity index (χ2n) is 5.09. The van der Waals surface area contributed by atoms with Crippen LogP contribution in [0.3, 0.4) is 0 Å². The fraction of sp³-hybridized carbons (Fsp3) is 0.385. The zero-order chi connectivity index (χ0) is 14.0. The molecule has 2 N–H and O–H groups in total. The van der Waals surface area contributed by atoms with Gasteiger partial charge in [0.15, 0.2) is 0 Å². The average molecular weight is 299 g/mol. The van der Waals surface area contributed by atoms with E-state index in [2.05, 4.69) is 10.3 Å². The Morgan fingerprint density at radius 3 is 2.58 bits per heavy atom. The molecule has 0 aliphatic carbocycles. The second-order valence-corrected chi connectivity index (χ2v) is 5.90. The number of aromatic nitrogens is 3. The molecule has 0 saturated heterocycles. The summed E-state index contributed by atoms with van der Waals surface area (Å²) in [7, 11) is 0. The fourth-order valence-electron chi connectivity index (χ4n) is 1.64. The van der Waals surface area contributed by atoms with Crippen LogP contribution in [0.5, 0.6) is 0 Å². The van der Waals surface area contributed by atoms with E-state index in [0.717, 1.165) is 24.2 Å². The Balaban J connectivity index is 2.02. The quantitative estimate of drug-likeness (QED) is 0.944. The molecule has 102 valence electrons. The Bertz CT molecular complexity index is 572. The summed E-state index contributed by atoms with van der Waals surface area (Å²) < 4.78 is 1.78. The molecule has 0 spiro atoms. The monoisotopic (exact) mass is 298 g/mol. The van der Waals surface area contributed by atoms with E-state index in [1.165, 1.54) is 0 Å². The largest absolute Gasteiger partial charge is 0.320 e. The number of rotatable bonds is 4. The van der Waals surface area contributed by atoms with Crippen molar-refractivity contribution < 1.29 is 0 Å². The number of hydrogen-bond acceptors (Lipinski definition) is 3. The van der Waals surface area contributed by atoms with Crippen molar-refractivity contribution in [1.29, 1.82) is 0 Å². The third kappa shape index (κ3) is 3.69. The van der Waals surface area contributed by atoms with Gasteiger partial charge in [0, 0.05) is 6.54 Å². The van der Waals surface area contributed by atoms with Crippen LogP contribution >= 0.6 is 23.2 Å². The fourth-order valence-corrected chi connectivity index (χ4v) is 1.96. The average Bonchev–Trinajstić information content (AvgIpc) is 2.79. The van der Waals surface area contributed by atoms with E-state index >= 15 is 0 Å². The standard InChI is InChI=1S/C13H16Cl2N4/c1-13(2,16)12-8-19(18-17-12)6-5-9-3-4-10(14)11(15)7-9/h3-4,7-8H,5-6,16H2,1-2H3. The van der Waals surface area contributed by atoms with Gasteiger partial charge in [0.2, 0.25) is 0 Å². The summed E-state index contributed by atoms with van der Waals surface area (Å²) in [4.78, 5) is 0. The molecule has 6 heteroatoms. The van der Waals surface area contributed by atoms with E-state index in [1.807, 2.05) is 32.2 Å². The number of benzene rings is 1. The Morgan fingerprint density at radius 2 is 2.00 bits per heavy atom. The number of halogens is 2. The van der Waals surface area contributed by atoms with E-state index in [-0.39, 0.29) is 0 Å². The summed E-state index contributed by atoms with van der Waals surface area (Å²) in [6.45, 7) is 4.53. The van der Waals surface area contributed by atoms with Crippen molar-refractivity contribution in [3.8, 4) is 0 Å². The van der Waals surface area contributed by atoms with Gasteiger partial charge in [-0.05, 0) is 38.0 Å². The van der Waals surface area contributed by atoms with Crippen LogP contribution in [-0.4, -0.2) is 15.0 Å². The maximum Gasteiger partial charge on any atom is 0.102 e. The molecule has 1 heterocycles. The molecule has 19 heavy (non-hydrogen) atoms. The highest BCUT2D eigenvalue weighted by Gasteiger charge is 2.18. The first-order valence-corrected chi connectivity index (χ1v) is 6.75. The first kappa shape index (κ1) is 14.3.